The van der Waals surface area contributed by atoms with Crippen LogP contribution in [0.15, 0.2) is 42.5 Å². The zero-order chi connectivity index (χ0) is 13.1. The van der Waals surface area contributed by atoms with Crippen molar-refractivity contribution < 1.29 is 14.3 Å². The summed E-state index contributed by atoms with van der Waals surface area (Å²) in [5, 5.41) is 12.0. The Morgan fingerprint density at radius 3 is 2.44 bits per heavy atom. The average Bonchev–Trinajstić information content (AvgIpc) is 2.34. The van der Waals surface area contributed by atoms with Crippen LogP contribution in [-0.2, 0) is 0 Å². The zero-order valence-corrected chi connectivity index (χ0v) is 9.35. The van der Waals surface area contributed by atoms with Gasteiger partial charge >= 0.3 is 5.97 Å². The molecule has 0 aliphatic carbocycles. The number of rotatable bonds is 3. The molecular weight excluding hydrogens is 235 g/mol. The van der Waals surface area contributed by atoms with Crippen LogP contribution in [0.1, 0.15) is 10.4 Å². The van der Waals surface area contributed by atoms with Gasteiger partial charge in [0.05, 0.1) is 11.3 Å². The lowest BCUT2D eigenvalue weighted by Gasteiger charge is -2.10. The summed E-state index contributed by atoms with van der Waals surface area (Å²) in [6, 6.07) is 10.2. The van der Waals surface area contributed by atoms with Crippen molar-refractivity contribution >= 4 is 23.0 Å². The first-order valence-corrected chi connectivity index (χ1v) is 5.21. The van der Waals surface area contributed by atoms with Crippen LogP contribution in [0.2, 0.25) is 0 Å². The topological polar surface area (TPSA) is 75.3 Å². The maximum Gasteiger partial charge on any atom is 0.337 e. The number of carboxylic acid groups (broad SMARTS) is 1. The summed E-state index contributed by atoms with van der Waals surface area (Å²) in [7, 11) is 0. The molecular formula is C13H11FN2O2. The molecule has 2 rings (SSSR count). The molecule has 0 aromatic heterocycles. The summed E-state index contributed by atoms with van der Waals surface area (Å²) in [6.45, 7) is 0. The van der Waals surface area contributed by atoms with Crippen molar-refractivity contribution in [3.05, 3.63) is 53.8 Å². The normalized spacial score (nSPS) is 10.1. The van der Waals surface area contributed by atoms with E-state index in [9.17, 15) is 9.18 Å². The number of hydrogen-bond donors (Lipinski definition) is 3. The molecule has 0 aliphatic heterocycles. The number of carbonyl (C=O) groups is 1. The second-order valence-electron chi connectivity index (χ2n) is 3.74. The largest absolute Gasteiger partial charge is 0.478 e. The van der Waals surface area contributed by atoms with Crippen molar-refractivity contribution in [2.24, 2.45) is 0 Å². The Morgan fingerprint density at radius 1 is 1.17 bits per heavy atom. The minimum atomic E-state index is -1.08. The number of carboxylic acids is 1. The molecule has 0 amide bonds. The van der Waals surface area contributed by atoms with Crippen LogP contribution in [0, 0.1) is 5.82 Å². The SMILES string of the molecule is Nc1ccc(Nc2ccc(F)cc2)c(C(=O)O)c1. The maximum atomic E-state index is 12.7. The van der Waals surface area contributed by atoms with E-state index in [1.807, 2.05) is 0 Å². The summed E-state index contributed by atoms with van der Waals surface area (Å²) >= 11 is 0. The third-order valence-corrected chi connectivity index (χ3v) is 2.40. The number of nitrogen functional groups attached to an aromatic ring is 1. The quantitative estimate of drug-likeness (QED) is 0.728. The first-order chi connectivity index (χ1) is 8.56. The fourth-order valence-corrected chi connectivity index (χ4v) is 1.54. The van der Waals surface area contributed by atoms with Crippen LogP contribution in [0.4, 0.5) is 21.5 Å². The lowest BCUT2D eigenvalue weighted by Crippen LogP contribution is -2.03. The third kappa shape index (κ3) is 2.57. The first kappa shape index (κ1) is 11.9. The van der Waals surface area contributed by atoms with Crippen LogP contribution in [0.5, 0.6) is 0 Å². The van der Waals surface area contributed by atoms with E-state index in [1.165, 1.54) is 30.3 Å². The van der Waals surface area contributed by atoms with Gasteiger partial charge in [-0.1, -0.05) is 0 Å². The van der Waals surface area contributed by atoms with Gasteiger partial charge in [-0.2, -0.15) is 0 Å². The fourth-order valence-electron chi connectivity index (χ4n) is 1.54. The highest BCUT2D eigenvalue weighted by Gasteiger charge is 2.10. The number of benzene rings is 2. The number of nitrogens with two attached hydrogens (primary N) is 1. The third-order valence-electron chi connectivity index (χ3n) is 2.40. The van der Waals surface area contributed by atoms with E-state index in [0.717, 1.165) is 0 Å². The number of halogens is 1. The first-order valence-electron chi connectivity index (χ1n) is 5.21. The van der Waals surface area contributed by atoms with Crippen molar-refractivity contribution in [2.75, 3.05) is 11.1 Å². The van der Waals surface area contributed by atoms with Gasteiger partial charge < -0.3 is 16.2 Å². The zero-order valence-electron chi connectivity index (χ0n) is 9.35. The van der Waals surface area contributed by atoms with Crippen molar-refractivity contribution in [3.8, 4) is 0 Å². The summed E-state index contributed by atoms with van der Waals surface area (Å²) in [4.78, 5) is 11.1. The molecule has 0 saturated heterocycles. The van der Waals surface area contributed by atoms with Gasteiger partial charge in [0.1, 0.15) is 5.82 Å². The predicted molar refractivity (Wildman–Crippen MR) is 67.5 cm³/mol. The summed E-state index contributed by atoms with van der Waals surface area (Å²) < 4.78 is 12.7. The number of nitrogens with one attached hydrogen (secondary N) is 1. The Morgan fingerprint density at radius 2 is 1.83 bits per heavy atom. The molecule has 0 saturated carbocycles. The van der Waals surface area contributed by atoms with Crippen LogP contribution >= 0.6 is 0 Å². The van der Waals surface area contributed by atoms with Gasteiger partial charge in [-0.3, -0.25) is 0 Å². The Kier molecular flexibility index (Phi) is 3.14. The maximum absolute atomic E-state index is 12.7. The fraction of sp³-hybridized carbons (Fsp3) is 0. The number of aromatic carboxylic acids is 1. The smallest absolute Gasteiger partial charge is 0.337 e. The Bertz CT molecular complexity index is 582. The van der Waals surface area contributed by atoms with E-state index >= 15 is 0 Å². The predicted octanol–water partition coefficient (Wildman–Crippen LogP) is 2.85. The molecule has 92 valence electrons. The molecule has 0 unspecified atom stereocenters. The van der Waals surface area contributed by atoms with E-state index in [4.69, 9.17) is 10.8 Å². The molecule has 2 aromatic rings. The van der Waals surface area contributed by atoms with Crippen LogP contribution in [0.25, 0.3) is 0 Å². The lowest BCUT2D eigenvalue weighted by molar-refractivity contribution is 0.0698. The number of hydrogen-bond acceptors (Lipinski definition) is 3. The van der Waals surface area contributed by atoms with Crippen LogP contribution in [0.3, 0.4) is 0 Å². The van der Waals surface area contributed by atoms with Gasteiger partial charge in [0.15, 0.2) is 0 Å². The lowest BCUT2D eigenvalue weighted by atomic mass is 10.1. The molecule has 18 heavy (non-hydrogen) atoms. The van der Waals surface area contributed by atoms with E-state index < -0.39 is 5.97 Å². The molecule has 0 spiro atoms. The molecule has 0 bridgehead atoms. The standard InChI is InChI=1S/C13H11FN2O2/c14-8-1-4-10(5-2-8)16-12-6-3-9(15)7-11(12)13(17)18/h1-7,16H,15H2,(H,17,18). The van der Waals surface area contributed by atoms with Gasteiger partial charge in [0.25, 0.3) is 0 Å². The van der Waals surface area contributed by atoms with Gasteiger partial charge in [-0.15, -0.1) is 0 Å². The Labute approximate surface area is 103 Å². The van der Waals surface area contributed by atoms with E-state index in [2.05, 4.69) is 5.32 Å². The van der Waals surface area contributed by atoms with Crippen molar-refractivity contribution in [3.63, 3.8) is 0 Å². The molecule has 5 heteroatoms. The summed E-state index contributed by atoms with van der Waals surface area (Å²) in [6.07, 6.45) is 0. The van der Waals surface area contributed by atoms with Gasteiger partial charge in [-0.25, -0.2) is 9.18 Å². The molecule has 0 radical (unpaired) electrons. The van der Waals surface area contributed by atoms with E-state index in [1.54, 1.807) is 12.1 Å². The molecule has 0 aliphatic rings. The van der Waals surface area contributed by atoms with Crippen LogP contribution < -0.4 is 11.1 Å². The highest BCUT2D eigenvalue weighted by atomic mass is 19.1. The highest BCUT2D eigenvalue weighted by Crippen LogP contribution is 2.23. The minimum Gasteiger partial charge on any atom is -0.478 e. The molecule has 0 atom stereocenters. The monoisotopic (exact) mass is 246 g/mol. The number of anilines is 3. The molecule has 4 nitrogen and oxygen atoms in total. The van der Waals surface area contributed by atoms with Gasteiger partial charge in [-0.05, 0) is 42.5 Å². The molecule has 2 aromatic carbocycles. The minimum absolute atomic E-state index is 0.0688. The molecule has 4 N–H and O–H groups in total. The Balaban J connectivity index is 2.34. The summed E-state index contributed by atoms with van der Waals surface area (Å²) in [5.41, 5.74) is 6.99. The van der Waals surface area contributed by atoms with E-state index in [-0.39, 0.29) is 11.4 Å². The molecule has 0 heterocycles. The molecule has 0 fully saturated rings. The van der Waals surface area contributed by atoms with Crippen molar-refractivity contribution in [1.82, 2.24) is 0 Å². The van der Waals surface area contributed by atoms with Gasteiger partial charge in [0.2, 0.25) is 0 Å². The second kappa shape index (κ2) is 4.75. The summed E-state index contributed by atoms with van der Waals surface area (Å²) in [5.74, 6) is -1.43. The van der Waals surface area contributed by atoms with Crippen molar-refractivity contribution in [2.45, 2.75) is 0 Å². The van der Waals surface area contributed by atoms with Crippen molar-refractivity contribution in [1.29, 1.82) is 0 Å². The van der Waals surface area contributed by atoms with E-state index in [0.29, 0.717) is 17.1 Å². The second-order valence-corrected chi connectivity index (χ2v) is 3.74. The Hall–Kier alpha value is -2.56. The van der Waals surface area contributed by atoms with Crippen LogP contribution in [-0.4, -0.2) is 11.1 Å². The average molecular weight is 246 g/mol. The van der Waals surface area contributed by atoms with Gasteiger partial charge in [0, 0.05) is 11.4 Å². The highest BCUT2D eigenvalue weighted by molar-refractivity contribution is 5.96.